The van der Waals surface area contributed by atoms with Crippen LogP contribution in [0.15, 0.2) is 23.1 Å². The standard InChI is InChI=1S/C28H38F2N10O3/c1-28(2)16-18(13-19-5-4-6-39(19)28)32-25-21(30)17-31-26(34-25)33-22-15-23(40-27(41)37(3)35-36-40)24(14-20(22)29)43-12-9-38-7-10-42-11-8-38/h14-15,17-19H,4-13,16H2,1-3H3,(H2,31,32,33,34). The van der Waals surface area contributed by atoms with Crippen LogP contribution >= 0.6 is 0 Å². The number of aromatic nitrogens is 6. The Balaban J connectivity index is 1.22. The third kappa shape index (κ3) is 6.33. The lowest BCUT2D eigenvalue weighted by Crippen LogP contribution is -2.55. The lowest BCUT2D eigenvalue weighted by atomic mass is 9.84. The topological polar surface area (TPSA) is 127 Å². The van der Waals surface area contributed by atoms with E-state index in [1.54, 1.807) is 0 Å². The fourth-order valence-corrected chi connectivity index (χ4v) is 6.46. The Morgan fingerprint density at radius 3 is 2.72 bits per heavy atom. The van der Waals surface area contributed by atoms with Gasteiger partial charge in [-0.2, -0.15) is 14.3 Å². The minimum Gasteiger partial charge on any atom is -0.490 e. The molecule has 0 aliphatic carbocycles. The highest BCUT2D eigenvalue weighted by Crippen LogP contribution is 2.38. The first-order valence-electron chi connectivity index (χ1n) is 14.8. The number of ether oxygens (including phenoxy) is 2. The Morgan fingerprint density at radius 1 is 1.14 bits per heavy atom. The third-order valence-electron chi connectivity index (χ3n) is 8.56. The number of nitrogens with zero attached hydrogens (tertiary/aromatic N) is 8. The van der Waals surface area contributed by atoms with Gasteiger partial charge in [0.1, 0.15) is 18.0 Å². The minimum atomic E-state index is -0.667. The van der Waals surface area contributed by atoms with E-state index >= 15 is 4.39 Å². The molecule has 2 atom stereocenters. The predicted octanol–water partition coefficient (Wildman–Crippen LogP) is 2.31. The second-order valence-corrected chi connectivity index (χ2v) is 12.0. The quantitative estimate of drug-likeness (QED) is 0.376. The molecule has 0 amide bonds. The van der Waals surface area contributed by atoms with E-state index in [-0.39, 0.29) is 47.1 Å². The molecule has 1 aromatic carbocycles. The van der Waals surface area contributed by atoms with Gasteiger partial charge in [-0.3, -0.25) is 9.80 Å². The molecule has 5 heterocycles. The van der Waals surface area contributed by atoms with E-state index in [1.807, 2.05) is 0 Å². The Morgan fingerprint density at radius 2 is 1.95 bits per heavy atom. The molecule has 232 valence electrons. The summed E-state index contributed by atoms with van der Waals surface area (Å²) < 4.78 is 43.7. The van der Waals surface area contributed by atoms with Crippen LogP contribution in [0.5, 0.6) is 5.75 Å². The van der Waals surface area contributed by atoms with Crippen molar-refractivity contribution in [1.29, 1.82) is 0 Å². The van der Waals surface area contributed by atoms with Gasteiger partial charge in [0, 0.05) is 50.4 Å². The van der Waals surface area contributed by atoms with Gasteiger partial charge < -0.3 is 20.1 Å². The maximum absolute atomic E-state index is 15.4. The highest BCUT2D eigenvalue weighted by atomic mass is 19.1. The van der Waals surface area contributed by atoms with E-state index in [2.05, 4.69) is 54.7 Å². The van der Waals surface area contributed by atoms with Crippen LogP contribution in [0.2, 0.25) is 0 Å². The molecule has 3 aliphatic heterocycles. The fraction of sp³-hybridized carbons (Fsp3) is 0.607. The smallest absolute Gasteiger partial charge is 0.368 e. The van der Waals surface area contributed by atoms with Crippen molar-refractivity contribution in [2.45, 2.75) is 57.2 Å². The minimum absolute atomic E-state index is 0.00112. The predicted molar refractivity (Wildman–Crippen MR) is 155 cm³/mol. The SMILES string of the molecule is Cn1nnn(-c2cc(Nc3ncc(F)c(NC4CC5CCCN5C(C)(C)C4)n3)c(F)cc2OCCN2CCOCC2)c1=O. The largest absolute Gasteiger partial charge is 0.490 e. The zero-order chi connectivity index (χ0) is 30.1. The Kier molecular flexibility index (Phi) is 8.29. The first-order chi connectivity index (χ1) is 20.7. The molecule has 2 aromatic heterocycles. The second-order valence-electron chi connectivity index (χ2n) is 12.0. The van der Waals surface area contributed by atoms with Gasteiger partial charge in [-0.15, -0.1) is 0 Å². The van der Waals surface area contributed by atoms with Gasteiger partial charge in [-0.1, -0.05) is 0 Å². The van der Waals surface area contributed by atoms with Crippen molar-refractivity contribution in [2.24, 2.45) is 7.05 Å². The Bertz CT molecular complexity index is 1510. The number of anilines is 3. The maximum atomic E-state index is 15.4. The van der Waals surface area contributed by atoms with E-state index in [0.29, 0.717) is 25.8 Å². The first-order valence-corrected chi connectivity index (χ1v) is 14.8. The summed E-state index contributed by atoms with van der Waals surface area (Å²) in [6.07, 6.45) is 5.09. The van der Waals surface area contributed by atoms with Crippen molar-refractivity contribution in [2.75, 3.05) is 56.6 Å². The lowest BCUT2D eigenvalue weighted by Gasteiger charge is -2.47. The van der Waals surface area contributed by atoms with Crippen LogP contribution in [0.25, 0.3) is 5.69 Å². The zero-order valence-electron chi connectivity index (χ0n) is 24.7. The third-order valence-corrected chi connectivity index (χ3v) is 8.56. The van der Waals surface area contributed by atoms with Gasteiger partial charge >= 0.3 is 5.69 Å². The van der Waals surface area contributed by atoms with Gasteiger partial charge in [0.15, 0.2) is 17.5 Å². The molecule has 2 N–H and O–H groups in total. The molecular formula is C28H38F2N10O3. The van der Waals surface area contributed by atoms with E-state index < -0.39 is 17.3 Å². The highest BCUT2D eigenvalue weighted by molar-refractivity contribution is 5.63. The molecule has 0 radical (unpaired) electrons. The number of aryl methyl sites for hydroxylation is 1. The van der Waals surface area contributed by atoms with Crippen LogP contribution in [0.4, 0.5) is 26.2 Å². The molecule has 0 bridgehead atoms. The first kappa shape index (κ1) is 29.4. The number of hydrogen-bond donors (Lipinski definition) is 2. The van der Waals surface area contributed by atoms with Crippen LogP contribution < -0.4 is 21.1 Å². The number of morpholine rings is 1. The molecule has 3 fully saturated rings. The maximum Gasteiger partial charge on any atom is 0.368 e. The highest BCUT2D eigenvalue weighted by Gasteiger charge is 2.43. The van der Waals surface area contributed by atoms with Crippen molar-refractivity contribution in [3.63, 3.8) is 0 Å². The molecule has 0 saturated carbocycles. The molecular weight excluding hydrogens is 562 g/mol. The molecule has 2 unspecified atom stereocenters. The summed E-state index contributed by atoms with van der Waals surface area (Å²) in [5, 5.41) is 13.8. The molecule has 15 heteroatoms. The van der Waals surface area contributed by atoms with Gasteiger partial charge in [0.2, 0.25) is 5.95 Å². The van der Waals surface area contributed by atoms with E-state index in [1.165, 1.54) is 25.6 Å². The summed E-state index contributed by atoms with van der Waals surface area (Å²) in [5.41, 5.74) is -0.386. The summed E-state index contributed by atoms with van der Waals surface area (Å²) in [7, 11) is 1.46. The average molecular weight is 601 g/mol. The van der Waals surface area contributed by atoms with Crippen LogP contribution in [-0.4, -0.2) is 103 Å². The Hall–Kier alpha value is -3.69. The molecule has 13 nitrogen and oxygen atoms in total. The summed E-state index contributed by atoms with van der Waals surface area (Å²) in [5.74, 6) is -1.08. The van der Waals surface area contributed by atoms with Gasteiger partial charge in [-0.05, 0) is 62.6 Å². The van der Waals surface area contributed by atoms with Gasteiger partial charge in [0.25, 0.3) is 0 Å². The number of halogens is 2. The Labute approximate surface area is 248 Å². The van der Waals surface area contributed by atoms with Crippen molar-refractivity contribution in [3.8, 4) is 11.4 Å². The number of hydrogen-bond acceptors (Lipinski definition) is 11. The van der Waals surface area contributed by atoms with E-state index in [9.17, 15) is 9.18 Å². The second kappa shape index (κ2) is 12.1. The zero-order valence-corrected chi connectivity index (χ0v) is 24.7. The molecule has 43 heavy (non-hydrogen) atoms. The number of piperidine rings is 1. The number of tetrazole rings is 1. The fourth-order valence-electron chi connectivity index (χ4n) is 6.46. The molecule has 0 spiro atoms. The average Bonchev–Trinajstić information content (AvgIpc) is 3.59. The summed E-state index contributed by atoms with van der Waals surface area (Å²) in [4.78, 5) is 25.8. The van der Waals surface area contributed by atoms with Crippen LogP contribution in [0.3, 0.4) is 0 Å². The molecule has 3 aliphatic rings. The number of benzene rings is 1. The molecule has 3 saturated heterocycles. The normalized spacial score (nSPS) is 22.3. The van der Waals surface area contributed by atoms with Crippen molar-refractivity contribution >= 4 is 17.5 Å². The van der Waals surface area contributed by atoms with E-state index in [0.717, 1.165) is 54.5 Å². The van der Waals surface area contributed by atoms with Gasteiger partial charge in [0.05, 0.1) is 25.1 Å². The van der Waals surface area contributed by atoms with Crippen molar-refractivity contribution in [3.05, 3.63) is 40.4 Å². The summed E-state index contributed by atoms with van der Waals surface area (Å²) in [6.45, 7) is 9.27. The number of nitrogens with one attached hydrogen (secondary N) is 2. The van der Waals surface area contributed by atoms with Crippen LogP contribution in [0.1, 0.15) is 39.5 Å². The van der Waals surface area contributed by atoms with Crippen LogP contribution in [0, 0.1) is 11.6 Å². The molecule has 6 rings (SSSR count). The number of fused-ring (bicyclic) bond motifs is 1. The van der Waals surface area contributed by atoms with E-state index in [4.69, 9.17) is 9.47 Å². The molecule has 3 aromatic rings. The van der Waals surface area contributed by atoms with Crippen LogP contribution in [-0.2, 0) is 11.8 Å². The number of rotatable bonds is 9. The van der Waals surface area contributed by atoms with Crippen molar-refractivity contribution in [1.82, 2.24) is 39.6 Å². The lowest BCUT2D eigenvalue weighted by molar-refractivity contribution is 0.0322. The summed E-state index contributed by atoms with van der Waals surface area (Å²) >= 11 is 0. The van der Waals surface area contributed by atoms with Gasteiger partial charge in [-0.25, -0.2) is 18.6 Å². The monoisotopic (exact) mass is 600 g/mol. The summed E-state index contributed by atoms with van der Waals surface area (Å²) in [6, 6.07) is 3.05. The van der Waals surface area contributed by atoms with Crippen molar-refractivity contribution < 1.29 is 18.3 Å².